The number of methoxy groups -OCH3 is 1. The van der Waals surface area contributed by atoms with E-state index in [2.05, 4.69) is 14.8 Å². The lowest BCUT2D eigenvalue weighted by Gasteiger charge is -2.26. The fraction of sp³-hybridized carbons (Fsp3) is 0.391. The number of fused-ring (bicyclic) bond motifs is 3. The SMILES string of the molecule is COC(=O)Nc1ccc2sc3cc(S(=O)(=O)N[C@H](C(=O)OC(C)(C)C)C(C)C)ccc3c2c1. The normalized spacial score (nSPS) is 13.3. The highest BCUT2D eigenvalue weighted by Gasteiger charge is 2.32. The predicted octanol–water partition coefficient (Wildman–Crippen LogP) is 4.88. The minimum atomic E-state index is -3.98. The van der Waals surface area contributed by atoms with Gasteiger partial charge in [-0.05, 0) is 57.0 Å². The van der Waals surface area contributed by atoms with Crippen LogP contribution in [0.2, 0.25) is 0 Å². The molecule has 8 nitrogen and oxygen atoms in total. The molecule has 0 spiro atoms. The first-order valence-electron chi connectivity index (χ1n) is 10.4. The summed E-state index contributed by atoms with van der Waals surface area (Å²) in [6.45, 7) is 8.72. The number of amides is 1. The zero-order valence-corrected chi connectivity index (χ0v) is 21.0. The van der Waals surface area contributed by atoms with Crippen LogP contribution in [0, 0.1) is 5.92 Å². The predicted molar refractivity (Wildman–Crippen MR) is 130 cm³/mol. The van der Waals surface area contributed by atoms with Crippen molar-refractivity contribution in [1.82, 2.24) is 4.72 Å². The van der Waals surface area contributed by atoms with Crippen LogP contribution in [0.4, 0.5) is 10.5 Å². The van der Waals surface area contributed by atoms with Crippen molar-refractivity contribution < 1.29 is 27.5 Å². The minimum Gasteiger partial charge on any atom is -0.459 e. The number of hydrogen-bond acceptors (Lipinski definition) is 7. The average molecular weight is 493 g/mol. The molecule has 1 aromatic heterocycles. The Balaban J connectivity index is 1.94. The van der Waals surface area contributed by atoms with Gasteiger partial charge in [0.25, 0.3) is 0 Å². The van der Waals surface area contributed by atoms with E-state index in [9.17, 15) is 18.0 Å². The molecule has 0 aliphatic heterocycles. The summed E-state index contributed by atoms with van der Waals surface area (Å²) < 4.78 is 40.5. The zero-order chi connectivity index (χ0) is 24.6. The Bertz CT molecular complexity index is 1310. The van der Waals surface area contributed by atoms with E-state index >= 15 is 0 Å². The van der Waals surface area contributed by atoms with Crippen molar-refractivity contribution in [3.05, 3.63) is 36.4 Å². The van der Waals surface area contributed by atoms with Gasteiger partial charge < -0.3 is 9.47 Å². The summed E-state index contributed by atoms with van der Waals surface area (Å²) in [6.07, 6.45) is -0.571. The van der Waals surface area contributed by atoms with Gasteiger partial charge >= 0.3 is 12.1 Å². The zero-order valence-electron chi connectivity index (χ0n) is 19.4. The van der Waals surface area contributed by atoms with Gasteiger partial charge in [0.15, 0.2) is 0 Å². The number of ether oxygens (including phenoxy) is 2. The van der Waals surface area contributed by atoms with E-state index in [1.807, 2.05) is 12.1 Å². The number of hydrogen-bond donors (Lipinski definition) is 2. The number of nitrogens with one attached hydrogen (secondary N) is 2. The van der Waals surface area contributed by atoms with Crippen LogP contribution in [0.1, 0.15) is 34.6 Å². The van der Waals surface area contributed by atoms with Crippen LogP contribution in [0.5, 0.6) is 0 Å². The molecule has 10 heteroatoms. The average Bonchev–Trinajstić information content (AvgIpc) is 3.07. The van der Waals surface area contributed by atoms with Crippen LogP contribution < -0.4 is 10.0 Å². The smallest absolute Gasteiger partial charge is 0.411 e. The Morgan fingerprint density at radius 2 is 1.70 bits per heavy atom. The van der Waals surface area contributed by atoms with Gasteiger partial charge in [-0.1, -0.05) is 19.9 Å². The number of benzene rings is 2. The second-order valence-corrected chi connectivity index (χ2v) is 11.8. The Morgan fingerprint density at radius 1 is 1.00 bits per heavy atom. The molecule has 0 radical (unpaired) electrons. The lowest BCUT2D eigenvalue weighted by molar-refractivity contribution is -0.158. The molecular formula is C23H28N2O6S2. The lowest BCUT2D eigenvalue weighted by atomic mass is 10.1. The van der Waals surface area contributed by atoms with Crippen molar-refractivity contribution in [2.24, 2.45) is 5.92 Å². The summed E-state index contributed by atoms with van der Waals surface area (Å²) in [4.78, 5) is 24.1. The molecule has 3 rings (SSSR count). The Labute approximate surface area is 197 Å². The number of rotatable bonds is 6. The van der Waals surface area contributed by atoms with E-state index in [0.29, 0.717) is 5.69 Å². The molecule has 33 heavy (non-hydrogen) atoms. The molecule has 0 unspecified atom stereocenters. The van der Waals surface area contributed by atoms with Gasteiger partial charge in [-0.3, -0.25) is 10.1 Å². The van der Waals surface area contributed by atoms with Crippen molar-refractivity contribution in [1.29, 1.82) is 0 Å². The van der Waals surface area contributed by atoms with Crippen molar-refractivity contribution in [3.63, 3.8) is 0 Å². The first-order chi connectivity index (χ1) is 15.3. The van der Waals surface area contributed by atoms with Crippen LogP contribution >= 0.6 is 11.3 Å². The monoisotopic (exact) mass is 492 g/mol. The minimum absolute atomic E-state index is 0.0590. The van der Waals surface area contributed by atoms with E-state index in [1.165, 1.54) is 24.5 Å². The van der Waals surface area contributed by atoms with Gasteiger partial charge in [0.2, 0.25) is 10.0 Å². The second-order valence-electron chi connectivity index (χ2n) is 8.96. The molecule has 2 N–H and O–H groups in total. The number of thiophene rings is 1. The molecule has 0 bridgehead atoms. The van der Waals surface area contributed by atoms with Gasteiger partial charge in [-0.2, -0.15) is 4.72 Å². The van der Waals surface area contributed by atoms with Crippen molar-refractivity contribution in [3.8, 4) is 0 Å². The molecule has 0 aliphatic carbocycles. The van der Waals surface area contributed by atoms with Crippen molar-refractivity contribution in [2.45, 2.75) is 51.2 Å². The number of anilines is 1. The second kappa shape index (κ2) is 9.28. The summed E-state index contributed by atoms with van der Waals surface area (Å²) in [5, 5.41) is 4.37. The molecule has 0 aliphatic rings. The quantitative estimate of drug-likeness (QED) is 0.475. The summed E-state index contributed by atoms with van der Waals surface area (Å²) in [6, 6.07) is 9.22. The maximum absolute atomic E-state index is 13.1. The topological polar surface area (TPSA) is 111 Å². The van der Waals surface area contributed by atoms with Gasteiger partial charge in [0, 0.05) is 25.9 Å². The Hall–Kier alpha value is -2.69. The van der Waals surface area contributed by atoms with Crippen molar-refractivity contribution >= 4 is 59.3 Å². The van der Waals surface area contributed by atoms with E-state index < -0.39 is 33.7 Å². The van der Waals surface area contributed by atoms with Gasteiger partial charge in [-0.15, -0.1) is 11.3 Å². The van der Waals surface area contributed by atoms with Gasteiger partial charge in [0.05, 0.1) is 12.0 Å². The first-order valence-corrected chi connectivity index (χ1v) is 12.7. The molecule has 1 heterocycles. The van der Waals surface area contributed by atoms with E-state index in [4.69, 9.17) is 4.74 Å². The third-order valence-electron chi connectivity index (χ3n) is 4.79. The molecule has 1 atom stereocenters. The third-order valence-corrected chi connectivity index (χ3v) is 7.37. The Morgan fingerprint density at radius 3 is 2.30 bits per heavy atom. The summed E-state index contributed by atoms with van der Waals surface area (Å²) in [5.74, 6) is -0.918. The molecule has 3 aromatic rings. The number of carbonyl (C=O) groups is 2. The standard InChI is InChI=1S/C23H28N2O6S2/c1-13(2)20(21(26)31-23(3,4)5)25-33(28,29)15-8-9-16-17-11-14(24-22(27)30-6)7-10-18(17)32-19(16)12-15/h7-13,20,25H,1-6H3,(H,24,27)/t20-/m0/s1. The van der Waals surface area contributed by atoms with Crippen LogP contribution in [0.15, 0.2) is 41.3 Å². The highest BCUT2D eigenvalue weighted by molar-refractivity contribution is 7.89. The highest BCUT2D eigenvalue weighted by Crippen LogP contribution is 2.36. The molecular weight excluding hydrogens is 464 g/mol. The molecule has 0 saturated heterocycles. The highest BCUT2D eigenvalue weighted by atomic mass is 32.2. The first kappa shape index (κ1) is 24.9. The lowest BCUT2D eigenvalue weighted by Crippen LogP contribution is -2.47. The summed E-state index contributed by atoms with van der Waals surface area (Å²) in [5.41, 5.74) is -0.155. The maximum Gasteiger partial charge on any atom is 0.411 e. The Kier molecular flexibility index (Phi) is 7.01. The molecule has 0 saturated carbocycles. The number of carbonyl (C=O) groups excluding carboxylic acids is 2. The fourth-order valence-electron chi connectivity index (χ4n) is 3.23. The largest absolute Gasteiger partial charge is 0.459 e. The van der Waals surface area contributed by atoms with Crippen LogP contribution in [0.3, 0.4) is 0 Å². The number of esters is 1. The molecule has 178 valence electrons. The summed E-state index contributed by atoms with van der Waals surface area (Å²) in [7, 11) is -2.69. The van der Waals surface area contributed by atoms with E-state index in [1.54, 1.807) is 52.8 Å². The number of sulfonamides is 1. The van der Waals surface area contributed by atoms with Gasteiger partial charge in [-0.25, -0.2) is 13.2 Å². The molecule has 2 aromatic carbocycles. The van der Waals surface area contributed by atoms with Crippen LogP contribution in [-0.2, 0) is 24.3 Å². The fourth-order valence-corrected chi connectivity index (χ4v) is 5.79. The van der Waals surface area contributed by atoms with Crippen LogP contribution in [-0.4, -0.2) is 39.2 Å². The summed E-state index contributed by atoms with van der Waals surface area (Å²) >= 11 is 1.44. The molecule has 0 fully saturated rings. The van der Waals surface area contributed by atoms with Crippen molar-refractivity contribution in [2.75, 3.05) is 12.4 Å². The molecule has 1 amide bonds. The van der Waals surface area contributed by atoms with Crippen LogP contribution in [0.25, 0.3) is 20.2 Å². The maximum atomic E-state index is 13.1. The van der Waals surface area contributed by atoms with E-state index in [0.717, 1.165) is 20.2 Å². The third kappa shape index (κ3) is 5.82. The van der Waals surface area contributed by atoms with Gasteiger partial charge in [0.1, 0.15) is 11.6 Å². The van der Waals surface area contributed by atoms with E-state index in [-0.39, 0.29) is 10.8 Å².